The minimum atomic E-state index is -0.417. The monoisotopic (exact) mass is 723 g/mol. The molecule has 0 aliphatic carbocycles. The van der Waals surface area contributed by atoms with Gasteiger partial charge in [-0.05, 0) is 34.8 Å². The van der Waals surface area contributed by atoms with Crippen LogP contribution in [0.2, 0.25) is 0 Å². The second-order valence-corrected chi connectivity index (χ2v) is 12.1. The van der Waals surface area contributed by atoms with Crippen LogP contribution in [0.5, 0.6) is 23.0 Å². The predicted octanol–water partition coefficient (Wildman–Crippen LogP) is 6.36. The fourth-order valence-electron chi connectivity index (χ4n) is 4.58. The fraction of sp³-hybridized carbons (Fsp3) is 0.235. The number of hydrogen-bond donors (Lipinski definition) is 1. The Morgan fingerprint density at radius 3 is 1.98 bits per heavy atom. The molecule has 3 aromatic carbocycles. The van der Waals surface area contributed by atoms with Crippen LogP contribution in [0, 0.1) is 16.9 Å². The maximum Gasteiger partial charge on any atom is 0.239 e. The number of rotatable bonds is 2. The maximum atomic E-state index is 11.5. The average Bonchev–Trinajstić information content (AvgIpc) is 2.92. The molecule has 2 aliphatic heterocycles. The first-order valence-corrected chi connectivity index (χ1v) is 13.4. The first-order chi connectivity index (χ1) is 18.9. The molecule has 0 bridgehead atoms. The molecule has 0 atom stereocenters. The molecule has 4 aromatic rings. The number of aliphatic hydroxyl groups excluding tert-OH is 1. The number of benzene rings is 3. The molecule has 1 aromatic heterocycles. The van der Waals surface area contributed by atoms with Gasteiger partial charge in [-0.15, -0.1) is 12.1 Å². The summed E-state index contributed by atoms with van der Waals surface area (Å²) in [7, 11) is 0. The number of ketones is 1. The van der Waals surface area contributed by atoms with Crippen LogP contribution in [-0.4, -0.2) is 22.6 Å². The SMILES string of the molecule is CC(C)(C)C(=O)/C=C(\O)C(C)(C)C.[Ir].[c-]1cc2c3c(c1-c1ccccn1)Oc1ccccc1B3c1ccccc1O2. The zero-order valence-electron chi connectivity index (χ0n) is 24.1. The summed E-state index contributed by atoms with van der Waals surface area (Å²) >= 11 is 0. The molecule has 7 heteroatoms. The van der Waals surface area contributed by atoms with Gasteiger partial charge in [-0.1, -0.05) is 101 Å². The van der Waals surface area contributed by atoms with Crippen LogP contribution in [0.3, 0.4) is 0 Å². The molecule has 0 fully saturated rings. The molecular weight excluding hydrogens is 689 g/mol. The van der Waals surface area contributed by atoms with E-state index >= 15 is 0 Å². The van der Waals surface area contributed by atoms with Crippen molar-refractivity contribution in [1.82, 2.24) is 4.98 Å². The minimum absolute atomic E-state index is 0. The predicted molar refractivity (Wildman–Crippen MR) is 161 cm³/mol. The molecule has 2 aliphatic rings. The Balaban J connectivity index is 0.000000239. The second kappa shape index (κ2) is 11.7. The summed E-state index contributed by atoms with van der Waals surface area (Å²) < 4.78 is 12.6. The molecule has 1 N–H and O–H groups in total. The molecule has 0 saturated heterocycles. The Kier molecular flexibility index (Phi) is 8.63. The Morgan fingerprint density at radius 2 is 1.41 bits per heavy atom. The smallest absolute Gasteiger partial charge is 0.239 e. The number of allylic oxidation sites excluding steroid dienone is 2. The van der Waals surface area contributed by atoms with Crippen LogP contribution in [0.1, 0.15) is 41.5 Å². The molecule has 211 valence electrons. The van der Waals surface area contributed by atoms with Gasteiger partial charge in [0.15, 0.2) is 5.78 Å². The first-order valence-electron chi connectivity index (χ1n) is 13.4. The third-order valence-electron chi connectivity index (χ3n) is 6.96. The van der Waals surface area contributed by atoms with Gasteiger partial charge >= 0.3 is 0 Å². The third kappa shape index (κ3) is 6.17. The van der Waals surface area contributed by atoms with Gasteiger partial charge < -0.3 is 19.6 Å². The number of aliphatic hydroxyl groups is 1. The topological polar surface area (TPSA) is 68.7 Å². The van der Waals surface area contributed by atoms with Crippen molar-refractivity contribution in [2.45, 2.75) is 41.5 Å². The van der Waals surface area contributed by atoms with E-state index in [-0.39, 0.29) is 43.8 Å². The number of para-hydroxylation sites is 2. The third-order valence-corrected chi connectivity index (χ3v) is 6.96. The molecule has 0 spiro atoms. The van der Waals surface area contributed by atoms with Gasteiger partial charge in [0, 0.05) is 54.7 Å². The van der Waals surface area contributed by atoms with Crippen molar-refractivity contribution in [2.75, 3.05) is 0 Å². The van der Waals surface area contributed by atoms with E-state index < -0.39 is 5.41 Å². The van der Waals surface area contributed by atoms with Crippen molar-refractivity contribution in [3.05, 3.63) is 96.9 Å². The average molecular weight is 723 g/mol. The zero-order chi connectivity index (χ0) is 28.7. The summed E-state index contributed by atoms with van der Waals surface area (Å²) in [6.07, 6.45) is 3.12. The summed E-state index contributed by atoms with van der Waals surface area (Å²) in [5.74, 6) is 3.44. The van der Waals surface area contributed by atoms with Crippen LogP contribution >= 0.6 is 0 Å². The fourth-order valence-corrected chi connectivity index (χ4v) is 4.58. The van der Waals surface area contributed by atoms with Crippen molar-refractivity contribution in [2.24, 2.45) is 10.8 Å². The number of nitrogens with zero attached hydrogens (tertiary/aromatic N) is 1. The molecule has 0 amide bonds. The number of hydrogen-bond acceptors (Lipinski definition) is 5. The van der Waals surface area contributed by atoms with Crippen LogP contribution in [0.25, 0.3) is 11.3 Å². The van der Waals surface area contributed by atoms with E-state index in [1.165, 1.54) is 6.08 Å². The maximum absolute atomic E-state index is 11.5. The summed E-state index contributed by atoms with van der Waals surface area (Å²) in [5.41, 5.74) is 4.29. The molecule has 41 heavy (non-hydrogen) atoms. The second-order valence-electron chi connectivity index (χ2n) is 12.1. The van der Waals surface area contributed by atoms with Gasteiger partial charge in [-0.25, -0.2) is 0 Å². The molecular formula is C34H33BIrNO4-. The Hall–Kier alpha value is -3.67. The van der Waals surface area contributed by atoms with Crippen molar-refractivity contribution in [3.63, 3.8) is 0 Å². The number of aromatic nitrogens is 1. The van der Waals surface area contributed by atoms with Crippen molar-refractivity contribution < 1.29 is 39.5 Å². The molecule has 6 rings (SSSR count). The zero-order valence-corrected chi connectivity index (χ0v) is 26.5. The van der Waals surface area contributed by atoms with Gasteiger partial charge in [-0.2, -0.15) is 0 Å². The number of carbonyl (C=O) groups is 1. The van der Waals surface area contributed by atoms with E-state index in [1.807, 2.05) is 90.1 Å². The van der Waals surface area contributed by atoms with Gasteiger partial charge in [0.25, 0.3) is 0 Å². The van der Waals surface area contributed by atoms with Crippen molar-refractivity contribution in [1.29, 1.82) is 0 Å². The van der Waals surface area contributed by atoms with E-state index in [0.717, 1.165) is 50.6 Å². The van der Waals surface area contributed by atoms with Gasteiger partial charge in [-0.3, -0.25) is 4.79 Å². The van der Waals surface area contributed by atoms with Gasteiger partial charge in [0.2, 0.25) is 6.71 Å². The Labute approximate surface area is 256 Å². The Bertz CT molecular complexity index is 1590. The molecule has 1 radical (unpaired) electrons. The van der Waals surface area contributed by atoms with E-state index in [4.69, 9.17) is 9.47 Å². The van der Waals surface area contributed by atoms with E-state index in [9.17, 15) is 9.90 Å². The van der Waals surface area contributed by atoms with Crippen LogP contribution in [-0.2, 0) is 24.9 Å². The van der Waals surface area contributed by atoms with Crippen molar-refractivity contribution >= 4 is 28.9 Å². The summed E-state index contributed by atoms with van der Waals surface area (Å²) in [4.78, 5) is 16.0. The number of carbonyl (C=O) groups excluding carboxylic acids is 1. The van der Waals surface area contributed by atoms with E-state index in [1.54, 1.807) is 6.20 Å². The first kappa shape index (κ1) is 30.3. The molecule has 0 unspecified atom stereocenters. The molecule has 5 nitrogen and oxygen atoms in total. The van der Waals surface area contributed by atoms with Crippen LogP contribution in [0.15, 0.2) is 90.8 Å². The van der Waals surface area contributed by atoms with Crippen molar-refractivity contribution in [3.8, 4) is 34.3 Å². The Morgan fingerprint density at radius 1 is 0.829 bits per heavy atom. The number of pyridine rings is 1. The molecule has 3 heterocycles. The van der Waals surface area contributed by atoms with E-state index in [2.05, 4.69) is 35.3 Å². The van der Waals surface area contributed by atoms with Gasteiger partial charge in [0.05, 0.1) is 0 Å². The normalized spacial score (nSPS) is 13.1. The van der Waals surface area contributed by atoms with Gasteiger partial charge in [0.1, 0.15) is 17.3 Å². The van der Waals surface area contributed by atoms with E-state index in [0.29, 0.717) is 0 Å². The summed E-state index contributed by atoms with van der Waals surface area (Å²) in [6.45, 7) is 11.2. The largest absolute Gasteiger partial charge is 0.512 e. The van der Waals surface area contributed by atoms with Crippen LogP contribution < -0.4 is 25.9 Å². The quantitative estimate of drug-likeness (QED) is 0.0976. The molecule has 0 saturated carbocycles. The van der Waals surface area contributed by atoms with Crippen LogP contribution in [0.4, 0.5) is 0 Å². The summed E-state index contributed by atoms with van der Waals surface area (Å²) in [6, 6.07) is 27.5. The number of ether oxygens (including phenoxy) is 2. The summed E-state index contributed by atoms with van der Waals surface area (Å²) in [5, 5.41) is 9.56. The number of fused-ring (bicyclic) bond motifs is 4. The standard InChI is InChI=1S/C23H13BNO2.C11H20O2.Ir/c1-3-10-19-16(7-1)24-17-8-2-4-11-20(17)27-23-15(18-9-5-6-14-25-18)12-13-21(26-19)22(23)24;1-10(2,3)8(12)7-9(13)11(4,5)6;/h1-11,13-14H;7,12H,1-6H3;/q-1;;/b;8-7-;. The minimum Gasteiger partial charge on any atom is -0.512 e.